The molecule has 1 N–H and O–H groups in total. The molecule has 0 spiro atoms. The number of nitrogens with zero attached hydrogens (tertiary/aromatic N) is 3. The lowest BCUT2D eigenvalue weighted by Gasteiger charge is -2.21. The molecule has 6 heteroatoms. The maximum absolute atomic E-state index is 11.4. The minimum Gasteiger partial charge on any atom is -0.480 e. The van der Waals surface area contributed by atoms with Gasteiger partial charge in [0.1, 0.15) is 11.0 Å². The Balaban J connectivity index is 1.74. The number of hydrogen-bond donors (Lipinski definition) is 1. The van der Waals surface area contributed by atoms with Crippen molar-refractivity contribution in [2.45, 2.75) is 25.9 Å². The number of likely N-dealkylation sites (tertiary alicyclic amines) is 1. The van der Waals surface area contributed by atoms with Crippen molar-refractivity contribution in [3.05, 3.63) is 35.5 Å². The van der Waals surface area contributed by atoms with Gasteiger partial charge in [-0.1, -0.05) is 13.0 Å². The molecule has 0 aliphatic carbocycles. The van der Waals surface area contributed by atoms with Crippen LogP contribution in [0.2, 0.25) is 0 Å². The number of hydrogen-bond acceptors (Lipinski definition) is 5. The highest BCUT2D eigenvalue weighted by Crippen LogP contribution is 2.27. The number of carboxylic acid groups (broad SMARTS) is 1. The third-order valence-corrected chi connectivity index (χ3v) is 4.77. The second-order valence-corrected chi connectivity index (χ2v) is 6.24. The van der Waals surface area contributed by atoms with E-state index in [-0.39, 0.29) is 5.92 Å². The Hall–Kier alpha value is -1.79. The molecule has 110 valence electrons. The molecule has 0 amide bonds. The third-order valence-electron chi connectivity index (χ3n) is 3.86. The Morgan fingerprint density at radius 3 is 3.10 bits per heavy atom. The first-order valence-electron chi connectivity index (χ1n) is 6.98. The highest BCUT2D eigenvalue weighted by atomic mass is 32.1. The molecule has 3 heterocycles. The molecule has 0 bridgehead atoms. The summed E-state index contributed by atoms with van der Waals surface area (Å²) in [4.78, 5) is 22.2. The Bertz CT molecular complexity index is 629. The van der Waals surface area contributed by atoms with Gasteiger partial charge in [0.25, 0.3) is 0 Å². The van der Waals surface area contributed by atoms with Crippen molar-refractivity contribution >= 4 is 17.3 Å². The van der Waals surface area contributed by atoms with Crippen molar-refractivity contribution in [1.29, 1.82) is 0 Å². The van der Waals surface area contributed by atoms with Crippen LogP contribution in [0.25, 0.3) is 10.7 Å². The summed E-state index contributed by atoms with van der Waals surface area (Å²) in [6.45, 7) is 3.40. The quantitative estimate of drug-likeness (QED) is 0.940. The fraction of sp³-hybridized carbons (Fsp3) is 0.400. The topological polar surface area (TPSA) is 66.3 Å². The Morgan fingerprint density at radius 1 is 1.52 bits per heavy atom. The number of carboxylic acids is 1. The molecule has 3 rings (SSSR count). The number of rotatable bonds is 4. The maximum atomic E-state index is 11.4. The van der Waals surface area contributed by atoms with Crippen molar-refractivity contribution in [3.63, 3.8) is 0 Å². The van der Waals surface area contributed by atoms with Crippen LogP contribution in [0.1, 0.15) is 19.0 Å². The minimum atomic E-state index is -0.736. The van der Waals surface area contributed by atoms with Gasteiger partial charge in [-0.05, 0) is 31.0 Å². The summed E-state index contributed by atoms with van der Waals surface area (Å²) in [7, 11) is 0. The summed E-state index contributed by atoms with van der Waals surface area (Å²) in [6, 6.07) is 5.35. The van der Waals surface area contributed by atoms with Gasteiger partial charge in [0.15, 0.2) is 0 Å². The van der Waals surface area contributed by atoms with Gasteiger partial charge in [0, 0.05) is 18.1 Å². The summed E-state index contributed by atoms with van der Waals surface area (Å²) in [5, 5.41) is 12.2. The van der Waals surface area contributed by atoms with Gasteiger partial charge in [0.05, 0.1) is 11.4 Å². The molecule has 2 aromatic rings. The summed E-state index contributed by atoms with van der Waals surface area (Å²) in [6.07, 6.45) is 2.67. The Labute approximate surface area is 127 Å². The van der Waals surface area contributed by atoms with Crippen molar-refractivity contribution in [3.8, 4) is 10.7 Å². The van der Waals surface area contributed by atoms with Crippen LogP contribution < -0.4 is 0 Å². The number of thiazole rings is 1. The molecule has 21 heavy (non-hydrogen) atoms. The lowest BCUT2D eigenvalue weighted by atomic mass is 10.0. The average Bonchev–Trinajstić information content (AvgIpc) is 3.07. The van der Waals surface area contributed by atoms with Gasteiger partial charge in [-0.2, -0.15) is 0 Å². The summed E-state index contributed by atoms with van der Waals surface area (Å²) in [5.74, 6) is -0.545. The van der Waals surface area contributed by atoms with Crippen LogP contribution in [-0.4, -0.2) is 38.5 Å². The third kappa shape index (κ3) is 2.96. The number of carbonyl (C=O) groups is 1. The maximum Gasteiger partial charge on any atom is 0.321 e. The van der Waals surface area contributed by atoms with E-state index < -0.39 is 12.0 Å². The van der Waals surface area contributed by atoms with E-state index in [1.165, 1.54) is 0 Å². The van der Waals surface area contributed by atoms with Gasteiger partial charge < -0.3 is 5.11 Å². The lowest BCUT2D eigenvalue weighted by molar-refractivity contribution is -0.143. The first-order chi connectivity index (χ1) is 10.1. The molecule has 0 radical (unpaired) electrons. The SMILES string of the molecule is CC1CCN(Cc2csc(-c3ccccn3)n2)C1C(=O)O. The van der Waals surface area contributed by atoms with E-state index in [1.54, 1.807) is 17.5 Å². The molecule has 2 atom stereocenters. The van der Waals surface area contributed by atoms with Gasteiger partial charge in [-0.3, -0.25) is 14.7 Å². The zero-order chi connectivity index (χ0) is 14.8. The van der Waals surface area contributed by atoms with Crippen LogP contribution in [0.3, 0.4) is 0 Å². The molecular formula is C15H17N3O2S. The summed E-state index contributed by atoms with van der Waals surface area (Å²) in [5.41, 5.74) is 1.78. The zero-order valence-corrected chi connectivity index (χ0v) is 12.6. The fourth-order valence-corrected chi connectivity index (χ4v) is 3.58. The highest BCUT2D eigenvalue weighted by molar-refractivity contribution is 7.13. The van der Waals surface area contributed by atoms with Crippen molar-refractivity contribution < 1.29 is 9.90 Å². The molecular weight excluding hydrogens is 286 g/mol. The fourth-order valence-electron chi connectivity index (χ4n) is 2.80. The van der Waals surface area contributed by atoms with E-state index >= 15 is 0 Å². The molecule has 5 nitrogen and oxygen atoms in total. The molecule has 0 saturated carbocycles. The van der Waals surface area contributed by atoms with E-state index in [9.17, 15) is 9.90 Å². The zero-order valence-electron chi connectivity index (χ0n) is 11.8. The number of aliphatic carboxylic acids is 1. The number of aromatic nitrogens is 2. The van der Waals surface area contributed by atoms with Crippen LogP contribution in [0.15, 0.2) is 29.8 Å². The van der Waals surface area contributed by atoms with Crippen LogP contribution in [0, 0.1) is 5.92 Å². The van der Waals surface area contributed by atoms with Gasteiger partial charge >= 0.3 is 5.97 Å². The van der Waals surface area contributed by atoms with E-state index in [0.29, 0.717) is 6.54 Å². The molecule has 1 aliphatic heterocycles. The van der Waals surface area contributed by atoms with Crippen molar-refractivity contribution in [2.75, 3.05) is 6.54 Å². The molecule has 0 aromatic carbocycles. The highest BCUT2D eigenvalue weighted by Gasteiger charge is 2.36. The van der Waals surface area contributed by atoms with E-state index in [2.05, 4.69) is 9.97 Å². The van der Waals surface area contributed by atoms with Gasteiger partial charge in [-0.15, -0.1) is 11.3 Å². The van der Waals surface area contributed by atoms with Crippen molar-refractivity contribution in [2.24, 2.45) is 5.92 Å². The summed E-state index contributed by atoms with van der Waals surface area (Å²) >= 11 is 1.55. The van der Waals surface area contributed by atoms with E-state index in [0.717, 1.165) is 29.4 Å². The molecule has 2 unspecified atom stereocenters. The van der Waals surface area contributed by atoms with E-state index in [4.69, 9.17) is 0 Å². The average molecular weight is 303 g/mol. The molecule has 1 fully saturated rings. The second-order valence-electron chi connectivity index (χ2n) is 5.38. The minimum absolute atomic E-state index is 0.191. The van der Waals surface area contributed by atoms with Gasteiger partial charge in [-0.25, -0.2) is 4.98 Å². The van der Waals surface area contributed by atoms with Crippen molar-refractivity contribution in [1.82, 2.24) is 14.9 Å². The monoisotopic (exact) mass is 303 g/mol. The van der Waals surface area contributed by atoms with Crippen LogP contribution in [-0.2, 0) is 11.3 Å². The van der Waals surface area contributed by atoms with Gasteiger partial charge in [0.2, 0.25) is 0 Å². The number of pyridine rings is 1. The molecule has 1 saturated heterocycles. The predicted octanol–water partition coefficient (Wildman–Crippen LogP) is 2.50. The largest absolute Gasteiger partial charge is 0.480 e. The summed E-state index contributed by atoms with van der Waals surface area (Å²) < 4.78 is 0. The molecule has 1 aliphatic rings. The normalized spacial score (nSPS) is 22.5. The predicted molar refractivity (Wildman–Crippen MR) is 81.0 cm³/mol. The van der Waals surface area contributed by atoms with Crippen LogP contribution in [0.4, 0.5) is 0 Å². The lowest BCUT2D eigenvalue weighted by Crippen LogP contribution is -2.38. The smallest absolute Gasteiger partial charge is 0.321 e. The van der Waals surface area contributed by atoms with Crippen LogP contribution in [0.5, 0.6) is 0 Å². The first-order valence-corrected chi connectivity index (χ1v) is 7.86. The van der Waals surface area contributed by atoms with Crippen LogP contribution >= 0.6 is 11.3 Å². The molecule has 2 aromatic heterocycles. The Morgan fingerprint density at radius 2 is 2.38 bits per heavy atom. The Kier molecular flexibility index (Phi) is 3.98. The standard InChI is InChI=1S/C15H17N3O2S/c1-10-5-7-18(13(10)15(19)20)8-11-9-21-14(17-11)12-4-2-3-6-16-12/h2-4,6,9-10,13H,5,7-8H2,1H3,(H,19,20). The first kappa shape index (κ1) is 14.2. The second kappa shape index (κ2) is 5.91. The van der Waals surface area contributed by atoms with E-state index in [1.807, 2.05) is 35.4 Å².